The summed E-state index contributed by atoms with van der Waals surface area (Å²) in [4.78, 5) is 18.7. The Kier molecular flexibility index (Phi) is 4.65. The van der Waals surface area contributed by atoms with E-state index < -0.39 is 0 Å². The highest BCUT2D eigenvalue weighted by atomic mass is 16.5. The van der Waals surface area contributed by atoms with Crippen LogP contribution in [0.2, 0.25) is 0 Å². The maximum atomic E-state index is 12.7. The quantitative estimate of drug-likeness (QED) is 0.725. The van der Waals surface area contributed by atoms with Gasteiger partial charge in [0, 0.05) is 18.2 Å². The lowest BCUT2D eigenvalue weighted by atomic mass is 10.0. The Bertz CT molecular complexity index is 915. The van der Waals surface area contributed by atoms with E-state index in [0.717, 1.165) is 22.3 Å². The van der Waals surface area contributed by atoms with Crippen LogP contribution in [0.1, 0.15) is 32.9 Å². The fourth-order valence-electron chi connectivity index (χ4n) is 2.67. The zero-order valence-corrected chi connectivity index (χ0v) is 14.9. The predicted octanol–water partition coefficient (Wildman–Crippen LogP) is 3.93. The van der Waals surface area contributed by atoms with Gasteiger partial charge in [0.05, 0.1) is 6.54 Å². The standard InChI is InChI=1S/C20H21N3O2/c1-13-6-5-7-16(10-13)19-21-18(25-22-19)12-23(4)20(24)17-11-14(2)8-9-15(17)3/h5-11H,12H2,1-4H3. The lowest BCUT2D eigenvalue weighted by Crippen LogP contribution is -2.27. The highest BCUT2D eigenvalue weighted by molar-refractivity contribution is 5.95. The summed E-state index contributed by atoms with van der Waals surface area (Å²) in [6.45, 7) is 6.19. The minimum absolute atomic E-state index is 0.0588. The summed E-state index contributed by atoms with van der Waals surface area (Å²) in [7, 11) is 1.74. The molecular weight excluding hydrogens is 314 g/mol. The van der Waals surface area contributed by atoms with Gasteiger partial charge < -0.3 is 9.42 Å². The summed E-state index contributed by atoms with van der Waals surface area (Å²) in [6, 6.07) is 13.8. The van der Waals surface area contributed by atoms with Crippen molar-refractivity contribution in [3.05, 3.63) is 70.6 Å². The van der Waals surface area contributed by atoms with Crippen LogP contribution in [0, 0.1) is 20.8 Å². The molecule has 3 aromatic rings. The second-order valence-corrected chi connectivity index (χ2v) is 6.36. The van der Waals surface area contributed by atoms with E-state index in [2.05, 4.69) is 10.1 Å². The van der Waals surface area contributed by atoms with Gasteiger partial charge in [0.2, 0.25) is 11.7 Å². The van der Waals surface area contributed by atoms with Gasteiger partial charge in [0.15, 0.2) is 0 Å². The van der Waals surface area contributed by atoms with Gasteiger partial charge in [-0.25, -0.2) is 0 Å². The number of amides is 1. The van der Waals surface area contributed by atoms with Crippen molar-refractivity contribution in [1.29, 1.82) is 0 Å². The molecule has 0 saturated heterocycles. The Hall–Kier alpha value is -2.95. The zero-order valence-electron chi connectivity index (χ0n) is 14.9. The second kappa shape index (κ2) is 6.89. The summed E-state index contributed by atoms with van der Waals surface area (Å²) in [6.07, 6.45) is 0. The molecule has 0 atom stereocenters. The van der Waals surface area contributed by atoms with Gasteiger partial charge in [0.25, 0.3) is 5.91 Å². The molecule has 0 unspecified atom stereocenters. The smallest absolute Gasteiger partial charge is 0.254 e. The first-order valence-corrected chi connectivity index (χ1v) is 8.16. The Morgan fingerprint density at radius 3 is 2.60 bits per heavy atom. The highest BCUT2D eigenvalue weighted by Gasteiger charge is 2.18. The van der Waals surface area contributed by atoms with Crippen LogP contribution in [0.25, 0.3) is 11.4 Å². The lowest BCUT2D eigenvalue weighted by molar-refractivity contribution is 0.0768. The number of hydrogen-bond acceptors (Lipinski definition) is 4. The molecule has 0 bridgehead atoms. The highest BCUT2D eigenvalue weighted by Crippen LogP contribution is 2.18. The fraction of sp³-hybridized carbons (Fsp3) is 0.250. The number of carbonyl (C=O) groups excluding carboxylic acids is 1. The predicted molar refractivity (Wildman–Crippen MR) is 96.2 cm³/mol. The SMILES string of the molecule is Cc1cccc(-c2noc(CN(C)C(=O)c3cc(C)ccc3C)n2)c1. The van der Waals surface area contributed by atoms with Crippen molar-refractivity contribution in [1.82, 2.24) is 15.0 Å². The number of hydrogen-bond donors (Lipinski definition) is 0. The van der Waals surface area contributed by atoms with E-state index in [0.29, 0.717) is 17.3 Å². The number of benzene rings is 2. The molecule has 0 fully saturated rings. The molecule has 5 nitrogen and oxygen atoms in total. The molecule has 0 spiro atoms. The Balaban J connectivity index is 1.76. The Morgan fingerprint density at radius 2 is 1.84 bits per heavy atom. The van der Waals surface area contributed by atoms with Crippen LogP contribution >= 0.6 is 0 Å². The molecule has 1 heterocycles. The molecule has 25 heavy (non-hydrogen) atoms. The van der Waals surface area contributed by atoms with Gasteiger partial charge in [-0.15, -0.1) is 0 Å². The molecule has 0 N–H and O–H groups in total. The molecule has 3 rings (SSSR count). The van der Waals surface area contributed by atoms with Crippen molar-refractivity contribution in [3.63, 3.8) is 0 Å². The Morgan fingerprint density at radius 1 is 1.08 bits per heavy atom. The third kappa shape index (κ3) is 3.76. The van der Waals surface area contributed by atoms with Crippen LogP contribution < -0.4 is 0 Å². The van der Waals surface area contributed by atoms with Gasteiger partial charge in [-0.3, -0.25) is 4.79 Å². The molecule has 1 aromatic heterocycles. The molecule has 0 aliphatic carbocycles. The van der Waals surface area contributed by atoms with E-state index in [1.165, 1.54) is 0 Å². The van der Waals surface area contributed by atoms with Crippen LogP contribution in [-0.4, -0.2) is 28.0 Å². The number of carbonyl (C=O) groups is 1. The van der Waals surface area contributed by atoms with E-state index in [1.54, 1.807) is 11.9 Å². The molecule has 0 aliphatic rings. The largest absolute Gasteiger partial charge is 0.337 e. The summed E-state index contributed by atoms with van der Waals surface area (Å²) >= 11 is 0. The van der Waals surface area contributed by atoms with Gasteiger partial charge in [0.1, 0.15) is 0 Å². The molecule has 1 amide bonds. The lowest BCUT2D eigenvalue weighted by Gasteiger charge is -2.16. The average molecular weight is 335 g/mol. The number of nitrogens with zero attached hydrogens (tertiary/aromatic N) is 3. The van der Waals surface area contributed by atoms with Gasteiger partial charge >= 0.3 is 0 Å². The molecule has 0 saturated carbocycles. The topological polar surface area (TPSA) is 59.2 Å². The summed E-state index contributed by atoms with van der Waals surface area (Å²) in [5.41, 5.74) is 4.74. The molecule has 2 aromatic carbocycles. The first kappa shape index (κ1) is 16.9. The third-order valence-electron chi connectivity index (χ3n) is 4.09. The number of aryl methyl sites for hydroxylation is 3. The van der Waals surface area contributed by atoms with E-state index in [-0.39, 0.29) is 12.5 Å². The minimum atomic E-state index is -0.0588. The second-order valence-electron chi connectivity index (χ2n) is 6.36. The zero-order chi connectivity index (χ0) is 18.0. The van der Waals surface area contributed by atoms with Crippen molar-refractivity contribution in [3.8, 4) is 11.4 Å². The monoisotopic (exact) mass is 335 g/mol. The van der Waals surface area contributed by atoms with E-state index in [1.807, 2.05) is 63.2 Å². The molecule has 5 heteroatoms. The molecule has 0 radical (unpaired) electrons. The number of rotatable bonds is 4. The average Bonchev–Trinajstić information content (AvgIpc) is 3.05. The van der Waals surface area contributed by atoms with Crippen molar-refractivity contribution in [2.24, 2.45) is 0 Å². The summed E-state index contributed by atoms with van der Waals surface area (Å²) in [5.74, 6) is 0.889. The maximum absolute atomic E-state index is 12.7. The van der Waals surface area contributed by atoms with Crippen molar-refractivity contribution < 1.29 is 9.32 Å². The first-order chi connectivity index (χ1) is 11.9. The molecule has 128 valence electrons. The third-order valence-corrected chi connectivity index (χ3v) is 4.09. The summed E-state index contributed by atoms with van der Waals surface area (Å²) < 4.78 is 5.31. The van der Waals surface area contributed by atoms with Crippen LogP contribution in [-0.2, 0) is 6.54 Å². The summed E-state index contributed by atoms with van der Waals surface area (Å²) in [5, 5.41) is 4.02. The van der Waals surface area contributed by atoms with E-state index in [9.17, 15) is 4.79 Å². The van der Waals surface area contributed by atoms with Crippen LogP contribution in [0.5, 0.6) is 0 Å². The van der Waals surface area contributed by atoms with E-state index >= 15 is 0 Å². The van der Waals surface area contributed by atoms with Crippen molar-refractivity contribution in [2.75, 3.05) is 7.05 Å². The van der Waals surface area contributed by atoms with Gasteiger partial charge in [-0.2, -0.15) is 4.98 Å². The van der Waals surface area contributed by atoms with Crippen molar-refractivity contribution in [2.45, 2.75) is 27.3 Å². The molecular formula is C20H21N3O2. The van der Waals surface area contributed by atoms with Gasteiger partial charge in [-0.1, -0.05) is 46.6 Å². The van der Waals surface area contributed by atoms with E-state index in [4.69, 9.17) is 4.52 Å². The van der Waals surface area contributed by atoms with Gasteiger partial charge in [-0.05, 0) is 38.5 Å². The normalized spacial score (nSPS) is 10.7. The first-order valence-electron chi connectivity index (χ1n) is 8.16. The van der Waals surface area contributed by atoms with Crippen LogP contribution in [0.4, 0.5) is 0 Å². The maximum Gasteiger partial charge on any atom is 0.254 e. The molecule has 0 aliphatic heterocycles. The minimum Gasteiger partial charge on any atom is -0.337 e. The van der Waals surface area contributed by atoms with Crippen LogP contribution in [0.15, 0.2) is 47.0 Å². The van der Waals surface area contributed by atoms with Crippen LogP contribution in [0.3, 0.4) is 0 Å². The Labute approximate surface area is 147 Å². The number of aromatic nitrogens is 2. The fourth-order valence-corrected chi connectivity index (χ4v) is 2.67. The van der Waals surface area contributed by atoms with Crippen molar-refractivity contribution >= 4 is 5.91 Å².